The summed E-state index contributed by atoms with van der Waals surface area (Å²) < 4.78 is 0. The van der Waals surface area contributed by atoms with Crippen LogP contribution in [0, 0.1) is 5.92 Å². The van der Waals surface area contributed by atoms with Gasteiger partial charge in [-0.1, -0.05) is 26.2 Å². The molecule has 1 aliphatic rings. The van der Waals surface area contributed by atoms with Crippen molar-refractivity contribution in [1.82, 2.24) is 10.6 Å². The number of unbranched alkanes of at least 4 members (excludes halogenated alkanes) is 1. The molecular formula is C13H24N2O3. The Morgan fingerprint density at radius 1 is 1.39 bits per heavy atom. The van der Waals surface area contributed by atoms with Crippen molar-refractivity contribution in [1.29, 1.82) is 0 Å². The maximum atomic E-state index is 11.7. The number of rotatable bonds is 6. The van der Waals surface area contributed by atoms with Crippen LogP contribution in [0.5, 0.6) is 0 Å². The van der Waals surface area contributed by atoms with Gasteiger partial charge in [0.15, 0.2) is 0 Å². The largest absolute Gasteiger partial charge is 0.481 e. The molecule has 1 aliphatic carbocycles. The molecular weight excluding hydrogens is 232 g/mol. The number of carbonyl (C=O) groups is 2. The second-order valence-electron chi connectivity index (χ2n) is 5.14. The number of hydrogen-bond acceptors (Lipinski definition) is 2. The predicted molar refractivity (Wildman–Crippen MR) is 69.4 cm³/mol. The highest BCUT2D eigenvalue weighted by Gasteiger charge is 2.33. The van der Waals surface area contributed by atoms with Gasteiger partial charge in [0.05, 0.1) is 5.92 Å². The lowest BCUT2D eigenvalue weighted by Crippen LogP contribution is -2.47. The van der Waals surface area contributed by atoms with Gasteiger partial charge in [0.1, 0.15) is 0 Å². The van der Waals surface area contributed by atoms with E-state index in [1.165, 1.54) is 0 Å². The van der Waals surface area contributed by atoms with Gasteiger partial charge < -0.3 is 15.7 Å². The van der Waals surface area contributed by atoms with Gasteiger partial charge in [-0.05, 0) is 26.2 Å². The second-order valence-corrected chi connectivity index (χ2v) is 5.14. The van der Waals surface area contributed by atoms with Crippen molar-refractivity contribution in [2.75, 3.05) is 0 Å². The molecule has 0 aromatic carbocycles. The molecule has 5 heteroatoms. The summed E-state index contributed by atoms with van der Waals surface area (Å²) in [7, 11) is 0. The van der Waals surface area contributed by atoms with Crippen molar-refractivity contribution in [3.63, 3.8) is 0 Å². The summed E-state index contributed by atoms with van der Waals surface area (Å²) in [5.74, 6) is -1.24. The second kappa shape index (κ2) is 7.24. The normalized spacial score (nSPS) is 24.6. The molecule has 0 saturated heterocycles. The van der Waals surface area contributed by atoms with Gasteiger partial charge in [0.25, 0.3) is 0 Å². The van der Waals surface area contributed by atoms with E-state index < -0.39 is 11.9 Å². The smallest absolute Gasteiger partial charge is 0.315 e. The minimum atomic E-state index is -0.808. The van der Waals surface area contributed by atoms with Gasteiger partial charge in [-0.2, -0.15) is 0 Å². The zero-order valence-corrected chi connectivity index (χ0v) is 11.2. The first-order chi connectivity index (χ1) is 8.54. The monoisotopic (exact) mass is 256 g/mol. The fourth-order valence-electron chi connectivity index (χ4n) is 2.44. The number of nitrogens with one attached hydrogen (secondary N) is 2. The maximum Gasteiger partial charge on any atom is 0.315 e. The molecule has 3 unspecified atom stereocenters. The third kappa shape index (κ3) is 4.55. The third-order valence-electron chi connectivity index (χ3n) is 3.52. The van der Waals surface area contributed by atoms with E-state index >= 15 is 0 Å². The van der Waals surface area contributed by atoms with Crippen LogP contribution in [0.4, 0.5) is 4.79 Å². The van der Waals surface area contributed by atoms with Gasteiger partial charge in [0, 0.05) is 12.1 Å². The average molecular weight is 256 g/mol. The molecule has 1 rings (SSSR count). The molecule has 2 amide bonds. The zero-order chi connectivity index (χ0) is 13.5. The van der Waals surface area contributed by atoms with Crippen LogP contribution in [-0.4, -0.2) is 29.2 Å². The van der Waals surface area contributed by atoms with E-state index in [4.69, 9.17) is 5.11 Å². The molecule has 0 spiro atoms. The summed E-state index contributed by atoms with van der Waals surface area (Å²) >= 11 is 0. The lowest BCUT2D eigenvalue weighted by molar-refractivity contribution is -0.142. The summed E-state index contributed by atoms with van der Waals surface area (Å²) in [5, 5.41) is 14.7. The number of hydrogen-bond donors (Lipinski definition) is 3. The molecule has 18 heavy (non-hydrogen) atoms. The molecule has 1 fully saturated rings. The van der Waals surface area contributed by atoms with Crippen molar-refractivity contribution in [2.45, 2.75) is 64.5 Å². The Labute approximate surface area is 108 Å². The molecule has 0 aromatic rings. The Hall–Kier alpha value is -1.26. The van der Waals surface area contributed by atoms with Gasteiger partial charge in [-0.15, -0.1) is 0 Å². The fourth-order valence-corrected chi connectivity index (χ4v) is 2.44. The van der Waals surface area contributed by atoms with Crippen molar-refractivity contribution < 1.29 is 14.7 Å². The van der Waals surface area contributed by atoms with E-state index in [9.17, 15) is 9.59 Å². The van der Waals surface area contributed by atoms with Crippen LogP contribution < -0.4 is 10.6 Å². The van der Waals surface area contributed by atoms with E-state index in [2.05, 4.69) is 17.6 Å². The Balaban J connectivity index is 2.33. The predicted octanol–water partition coefficient (Wildman–Crippen LogP) is 2.12. The first-order valence-electron chi connectivity index (χ1n) is 6.84. The fraction of sp³-hybridized carbons (Fsp3) is 0.846. The molecule has 0 radical (unpaired) electrons. The molecule has 1 saturated carbocycles. The summed E-state index contributed by atoms with van der Waals surface area (Å²) in [6, 6.07) is -0.327. The van der Waals surface area contributed by atoms with Crippen LogP contribution in [0.2, 0.25) is 0 Å². The topological polar surface area (TPSA) is 78.4 Å². The number of amides is 2. The van der Waals surface area contributed by atoms with Crippen LogP contribution in [-0.2, 0) is 4.79 Å². The van der Waals surface area contributed by atoms with Crippen molar-refractivity contribution in [2.24, 2.45) is 5.92 Å². The lowest BCUT2D eigenvalue weighted by atomic mass is 10.0. The average Bonchev–Trinajstić information content (AvgIpc) is 2.74. The van der Waals surface area contributed by atoms with E-state index in [-0.39, 0.29) is 18.1 Å². The SMILES string of the molecule is CCCCC(C)NC(=O)NC1CCCC1C(=O)O. The zero-order valence-electron chi connectivity index (χ0n) is 11.2. The minimum Gasteiger partial charge on any atom is -0.481 e. The van der Waals surface area contributed by atoms with Crippen LogP contribution >= 0.6 is 0 Å². The van der Waals surface area contributed by atoms with Gasteiger partial charge >= 0.3 is 12.0 Å². The summed E-state index contributed by atoms with van der Waals surface area (Å²) in [6.07, 6.45) is 5.43. The number of urea groups is 1. The quantitative estimate of drug-likeness (QED) is 0.681. The van der Waals surface area contributed by atoms with Crippen LogP contribution in [0.15, 0.2) is 0 Å². The first-order valence-corrected chi connectivity index (χ1v) is 6.84. The summed E-state index contributed by atoms with van der Waals surface area (Å²) in [6.45, 7) is 4.08. The highest BCUT2D eigenvalue weighted by atomic mass is 16.4. The molecule has 0 aromatic heterocycles. The van der Waals surface area contributed by atoms with E-state index in [0.717, 1.165) is 32.1 Å². The summed E-state index contributed by atoms with van der Waals surface area (Å²) in [5.41, 5.74) is 0. The minimum absolute atomic E-state index is 0.134. The molecule has 0 aliphatic heterocycles. The van der Waals surface area contributed by atoms with E-state index in [1.54, 1.807) is 0 Å². The van der Waals surface area contributed by atoms with E-state index in [0.29, 0.717) is 6.42 Å². The number of carboxylic acids is 1. The Kier molecular flexibility index (Phi) is 5.95. The van der Waals surface area contributed by atoms with Crippen LogP contribution in [0.3, 0.4) is 0 Å². The number of carbonyl (C=O) groups excluding carboxylic acids is 1. The maximum absolute atomic E-state index is 11.7. The van der Waals surface area contributed by atoms with E-state index in [1.807, 2.05) is 6.92 Å². The van der Waals surface area contributed by atoms with Crippen LogP contribution in [0.1, 0.15) is 52.4 Å². The Morgan fingerprint density at radius 2 is 2.11 bits per heavy atom. The molecule has 5 nitrogen and oxygen atoms in total. The van der Waals surface area contributed by atoms with Crippen molar-refractivity contribution in [3.05, 3.63) is 0 Å². The highest BCUT2D eigenvalue weighted by Crippen LogP contribution is 2.25. The van der Waals surface area contributed by atoms with Gasteiger partial charge in [-0.3, -0.25) is 4.79 Å². The molecule has 0 heterocycles. The van der Waals surface area contributed by atoms with Crippen molar-refractivity contribution >= 4 is 12.0 Å². The van der Waals surface area contributed by atoms with Gasteiger partial charge in [0.2, 0.25) is 0 Å². The number of carboxylic acid groups (broad SMARTS) is 1. The molecule has 104 valence electrons. The van der Waals surface area contributed by atoms with Crippen molar-refractivity contribution in [3.8, 4) is 0 Å². The molecule has 3 N–H and O–H groups in total. The standard InChI is InChI=1S/C13H24N2O3/c1-3-4-6-9(2)14-13(18)15-11-8-5-7-10(11)12(16)17/h9-11H,3-8H2,1-2H3,(H,16,17)(H2,14,15,18). The lowest BCUT2D eigenvalue weighted by Gasteiger charge is -2.20. The molecule has 0 bridgehead atoms. The third-order valence-corrected chi connectivity index (χ3v) is 3.52. The Morgan fingerprint density at radius 3 is 2.72 bits per heavy atom. The van der Waals surface area contributed by atoms with Gasteiger partial charge in [-0.25, -0.2) is 4.79 Å². The van der Waals surface area contributed by atoms with Crippen LogP contribution in [0.25, 0.3) is 0 Å². The highest BCUT2D eigenvalue weighted by molar-refractivity contribution is 5.77. The molecule has 3 atom stereocenters. The summed E-state index contributed by atoms with van der Waals surface area (Å²) in [4.78, 5) is 22.7. The first kappa shape index (κ1) is 14.8. The number of aliphatic carboxylic acids is 1. The Bertz CT molecular complexity index is 294.